The fourth-order valence-corrected chi connectivity index (χ4v) is 1.97. The van der Waals surface area contributed by atoms with Crippen molar-refractivity contribution in [2.75, 3.05) is 0 Å². The largest absolute Gasteiger partial charge is 0.372 e. The molecule has 2 aromatic rings. The summed E-state index contributed by atoms with van der Waals surface area (Å²) in [4.78, 5) is 9.21. The van der Waals surface area contributed by atoms with Crippen LogP contribution in [0.3, 0.4) is 0 Å². The molecule has 1 atom stereocenters. The maximum Gasteiger partial charge on any atom is 0.0426 e. The first-order valence-electron chi connectivity index (χ1n) is 4.46. The Morgan fingerprint density at radius 1 is 0.786 bits per heavy atom. The minimum Gasteiger partial charge on any atom is -0.372 e. The molecule has 14 heavy (non-hydrogen) atoms. The van der Waals surface area contributed by atoms with Crippen LogP contribution in [0, 0.1) is 0 Å². The molecule has 1 nitrogen and oxygen atoms in total. The summed E-state index contributed by atoms with van der Waals surface area (Å²) in [5, 5.41) is 0.999. The Morgan fingerprint density at radius 2 is 1.43 bits per heavy atom. The summed E-state index contributed by atoms with van der Waals surface area (Å²) in [6.07, 6.45) is 0. The van der Waals surface area contributed by atoms with Crippen LogP contribution in [0.1, 0.15) is 0 Å². The number of benzene rings is 2. The van der Waals surface area contributed by atoms with Gasteiger partial charge in [0.25, 0.3) is 0 Å². The standard InChI is InChI=1S/C12H11OP/c13-14-12-9-5-4-8-11(12)10-6-2-1-3-7-10/h1-9,13-14H. The summed E-state index contributed by atoms with van der Waals surface area (Å²) in [7, 11) is -0.146. The molecule has 2 aromatic carbocycles. The van der Waals surface area contributed by atoms with Crippen LogP contribution >= 0.6 is 8.81 Å². The molecule has 0 aliphatic carbocycles. The normalized spacial score (nSPS) is 10.9. The van der Waals surface area contributed by atoms with E-state index >= 15 is 0 Å². The van der Waals surface area contributed by atoms with Gasteiger partial charge >= 0.3 is 0 Å². The van der Waals surface area contributed by atoms with Gasteiger partial charge in [0.15, 0.2) is 0 Å². The quantitative estimate of drug-likeness (QED) is 0.742. The molecular formula is C12H11OP. The number of hydrogen-bond acceptors (Lipinski definition) is 1. The van der Waals surface area contributed by atoms with E-state index in [1.54, 1.807) is 0 Å². The molecule has 0 aromatic heterocycles. The van der Waals surface area contributed by atoms with Crippen molar-refractivity contribution in [2.45, 2.75) is 0 Å². The van der Waals surface area contributed by atoms with E-state index in [4.69, 9.17) is 0 Å². The summed E-state index contributed by atoms with van der Waals surface area (Å²) < 4.78 is 0. The molecule has 0 fully saturated rings. The molecule has 0 aliphatic rings. The van der Waals surface area contributed by atoms with Crippen LogP contribution in [-0.4, -0.2) is 4.89 Å². The van der Waals surface area contributed by atoms with Crippen LogP contribution in [-0.2, 0) is 0 Å². The van der Waals surface area contributed by atoms with E-state index in [1.165, 1.54) is 0 Å². The first-order chi connectivity index (χ1) is 6.92. The topological polar surface area (TPSA) is 20.2 Å². The summed E-state index contributed by atoms with van der Waals surface area (Å²) >= 11 is 0. The molecule has 0 aliphatic heterocycles. The maximum absolute atomic E-state index is 9.21. The third-order valence-electron chi connectivity index (χ3n) is 2.13. The van der Waals surface area contributed by atoms with Gasteiger partial charge in [-0.15, -0.1) is 0 Å². The zero-order chi connectivity index (χ0) is 9.80. The molecule has 1 unspecified atom stereocenters. The van der Waals surface area contributed by atoms with Gasteiger partial charge in [-0.05, 0) is 11.1 Å². The fourth-order valence-electron chi connectivity index (χ4n) is 1.45. The predicted molar refractivity (Wildman–Crippen MR) is 62.0 cm³/mol. The second-order valence-corrected chi connectivity index (χ2v) is 3.79. The Balaban J connectivity index is 2.51. The Hall–Kier alpha value is -1.17. The van der Waals surface area contributed by atoms with E-state index in [2.05, 4.69) is 12.1 Å². The summed E-state index contributed by atoms with van der Waals surface area (Å²) in [6.45, 7) is 0. The summed E-state index contributed by atoms with van der Waals surface area (Å²) in [6, 6.07) is 18.1. The van der Waals surface area contributed by atoms with Crippen molar-refractivity contribution in [1.82, 2.24) is 0 Å². The van der Waals surface area contributed by atoms with Crippen molar-refractivity contribution in [3.63, 3.8) is 0 Å². The van der Waals surface area contributed by atoms with E-state index in [0.29, 0.717) is 0 Å². The van der Waals surface area contributed by atoms with E-state index < -0.39 is 0 Å². The van der Waals surface area contributed by atoms with Crippen molar-refractivity contribution in [2.24, 2.45) is 0 Å². The summed E-state index contributed by atoms with van der Waals surface area (Å²) in [5.41, 5.74) is 2.28. The SMILES string of the molecule is OPc1ccccc1-c1ccccc1. The molecule has 1 N–H and O–H groups in total. The average molecular weight is 202 g/mol. The van der Waals surface area contributed by atoms with Crippen molar-refractivity contribution in [1.29, 1.82) is 0 Å². The molecule has 0 saturated heterocycles. The van der Waals surface area contributed by atoms with E-state index in [1.807, 2.05) is 42.5 Å². The van der Waals surface area contributed by atoms with Gasteiger partial charge < -0.3 is 4.89 Å². The van der Waals surface area contributed by atoms with E-state index in [-0.39, 0.29) is 8.81 Å². The Bertz CT molecular complexity index is 412. The van der Waals surface area contributed by atoms with Gasteiger partial charge in [0.2, 0.25) is 0 Å². The average Bonchev–Trinajstić information content (AvgIpc) is 2.30. The van der Waals surface area contributed by atoms with Crippen LogP contribution in [0.5, 0.6) is 0 Å². The van der Waals surface area contributed by atoms with Gasteiger partial charge in [0, 0.05) is 14.1 Å². The lowest BCUT2D eigenvalue weighted by atomic mass is 10.1. The smallest absolute Gasteiger partial charge is 0.0426 e. The van der Waals surface area contributed by atoms with Crippen molar-refractivity contribution >= 4 is 14.1 Å². The molecule has 0 amide bonds. The van der Waals surface area contributed by atoms with Gasteiger partial charge in [-0.3, -0.25) is 0 Å². The first kappa shape index (κ1) is 9.39. The highest BCUT2D eigenvalue weighted by Crippen LogP contribution is 2.20. The first-order valence-corrected chi connectivity index (χ1v) is 5.41. The molecule has 2 rings (SSSR count). The highest BCUT2D eigenvalue weighted by molar-refractivity contribution is 7.41. The van der Waals surface area contributed by atoms with Gasteiger partial charge in [-0.2, -0.15) is 0 Å². The van der Waals surface area contributed by atoms with Crippen molar-refractivity contribution in [3.05, 3.63) is 54.6 Å². The zero-order valence-electron chi connectivity index (χ0n) is 7.64. The Labute approximate surface area is 85.3 Å². The molecule has 70 valence electrons. The second-order valence-electron chi connectivity index (χ2n) is 3.02. The molecule has 0 spiro atoms. The molecule has 0 bridgehead atoms. The minimum absolute atomic E-state index is 0.146. The fraction of sp³-hybridized carbons (Fsp3) is 0. The predicted octanol–water partition coefficient (Wildman–Crippen LogP) is 2.56. The number of rotatable bonds is 2. The van der Waals surface area contributed by atoms with Gasteiger partial charge in [-0.25, -0.2) is 0 Å². The van der Waals surface area contributed by atoms with Crippen LogP contribution in [0.4, 0.5) is 0 Å². The number of hydrogen-bond donors (Lipinski definition) is 1. The molecule has 2 heteroatoms. The van der Waals surface area contributed by atoms with Crippen LogP contribution < -0.4 is 5.30 Å². The van der Waals surface area contributed by atoms with Gasteiger partial charge in [0.1, 0.15) is 0 Å². The van der Waals surface area contributed by atoms with E-state index in [0.717, 1.165) is 16.4 Å². The van der Waals surface area contributed by atoms with Gasteiger partial charge in [0.05, 0.1) is 0 Å². The molecule has 0 radical (unpaired) electrons. The van der Waals surface area contributed by atoms with Crippen molar-refractivity contribution < 1.29 is 4.89 Å². The molecule has 0 saturated carbocycles. The molecule has 0 heterocycles. The summed E-state index contributed by atoms with van der Waals surface area (Å²) in [5.74, 6) is 0. The highest BCUT2D eigenvalue weighted by atomic mass is 31.1. The molecular weight excluding hydrogens is 191 g/mol. The van der Waals surface area contributed by atoms with E-state index in [9.17, 15) is 4.89 Å². The lowest BCUT2D eigenvalue weighted by Crippen LogP contribution is -1.97. The third-order valence-corrected chi connectivity index (χ3v) is 2.81. The zero-order valence-corrected chi connectivity index (χ0v) is 8.64. The highest BCUT2D eigenvalue weighted by Gasteiger charge is 2.01. The second kappa shape index (κ2) is 4.36. The van der Waals surface area contributed by atoms with Gasteiger partial charge in [-0.1, -0.05) is 54.6 Å². The Morgan fingerprint density at radius 3 is 2.14 bits per heavy atom. The van der Waals surface area contributed by atoms with Crippen molar-refractivity contribution in [3.8, 4) is 11.1 Å². The third kappa shape index (κ3) is 1.84. The minimum atomic E-state index is -0.146. The lowest BCUT2D eigenvalue weighted by Gasteiger charge is -2.05. The van der Waals surface area contributed by atoms with Crippen LogP contribution in [0.2, 0.25) is 0 Å². The lowest BCUT2D eigenvalue weighted by molar-refractivity contribution is 0.655. The Kier molecular flexibility index (Phi) is 2.93. The maximum atomic E-state index is 9.21. The van der Waals surface area contributed by atoms with Crippen LogP contribution in [0.15, 0.2) is 54.6 Å². The monoisotopic (exact) mass is 202 g/mol. The van der Waals surface area contributed by atoms with Crippen LogP contribution in [0.25, 0.3) is 11.1 Å².